The summed E-state index contributed by atoms with van der Waals surface area (Å²) in [5.74, 6) is -0.574. The highest BCUT2D eigenvalue weighted by molar-refractivity contribution is 5.79. The molecular weight excluding hydrogens is 362 g/mol. The quantitative estimate of drug-likeness (QED) is 0.577. The van der Waals surface area contributed by atoms with Crippen molar-refractivity contribution in [3.8, 4) is 5.75 Å². The predicted molar refractivity (Wildman–Crippen MR) is 102 cm³/mol. The van der Waals surface area contributed by atoms with Gasteiger partial charge in [-0.1, -0.05) is 42.5 Å². The largest absolute Gasteiger partial charge is 0.494 e. The third-order valence-electron chi connectivity index (χ3n) is 3.95. The van der Waals surface area contributed by atoms with E-state index in [0.717, 1.165) is 17.4 Å². The Bertz CT molecular complexity index is 760. The molecule has 0 heterocycles. The highest BCUT2D eigenvalue weighted by atomic mass is 16.5. The molecule has 148 valence electrons. The van der Waals surface area contributed by atoms with Crippen LogP contribution in [-0.2, 0) is 27.4 Å². The molecule has 2 rings (SSSR count). The van der Waals surface area contributed by atoms with Crippen LogP contribution in [0.3, 0.4) is 0 Å². The van der Waals surface area contributed by atoms with Gasteiger partial charge in [-0.05, 0) is 29.7 Å². The molecule has 2 aromatic rings. The maximum absolute atomic E-state index is 11.8. The third-order valence-corrected chi connectivity index (χ3v) is 3.95. The molecule has 2 N–H and O–H groups in total. The lowest BCUT2D eigenvalue weighted by atomic mass is 10.1. The Balaban J connectivity index is 1.75. The topological polar surface area (TPSA) is 102 Å². The van der Waals surface area contributed by atoms with Gasteiger partial charge in [0.25, 0.3) is 0 Å². The van der Waals surface area contributed by atoms with Gasteiger partial charge >= 0.3 is 12.1 Å². The lowest BCUT2D eigenvalue weighted by Crippen LogP contribution is -2.42. The van der Waals surface area contributed by atoms with Crippen molar-refractivity contribution in [3.63, 3.8) is 0 Å². The van der Waals surface area contributed by atoms with Crippen molar-refractivity contribution < 1.29 is 29.0 Å². The van der Waals surface area contributed by atoms with Gasteiger partial charge in [-0.2, -0.15) is 0 Å². The van der Waals surface area contributed by atoms with E-state index in [4.69, 9.17) is 9.47 Å². The second-order valence-electron chi connectivity index (χ2n) is 6.08. The van der Waals surface area contributed by atoms with Gasteiger partial charge in [-0.15, -0.1) is 0 Å². The van der Waals surface area contributed by atoms with Crippen LogP contribution in [0.4, 0.5) is 4.79 Å². The van der Waals surface area contributed by atoms with Crippen LogP contribution in [-0.4, -0.2) is 36.1 Å². The molecule has 0 aromatic heterocycles. The fourth-order valence-electron chi connectivity index (χ4n) is 2.44. The van der Waals surface area contributed by atoms with E-state index in [1.54, 1.807) is 24.3 Å². The van der Waals surface area contributed by atoms with E-state index in [2.05, 4.69) is 5.32 Å². The molecule has 1 unspecified atom stereocenters. The van der Waals surface area contributed by atoms with Crippen molar-refractivity contribution in [2.75, 3.05) is 6.61 Å². The molecule has 0 saturated heterocycles. The maximum Gasteiger partial charge on any atom is 0.408 e. The van der Waals surface area contributed by atoms with Crippen LogP contribution in [0.15, 0.2) is 54.6 Å². The van der Waals surface area contributed by atoms with Gasteiger partial charge in [0.05, 0.1) is 6.61 Å². The SMILES string of the molecule is O=CCCc1ccc(OCCC(NC(=O)OCc2ccccc2)C(=O)O)cc1. The molecule has 0 aliphatic rings. The number of carbonyl (C=O) groups is 3. The minimum Gasteiger partial charge on any atom is -0.494 e. The normalized spacial score (nSPS) is 11.3. The van der Waals surface area contributed by atoms with Crippen LogP contribution < -0.4 is 10.1 Å². The van der Waals surface area contributed by atoms with Crippen LogP contribution in [0.1, 0.15) is 24.0 Å². The molecule has 2 aromatic carbocycles. The third kappa shape index (κ3) is 7.49. The van der Waals surface area contributed by atoms with Gasteiger partial charge < -0.3 is 24.7 Å². The van der Waals surface area contributed by atoms with Crippen LogP contribution in [0, 0.1) is 0 Å². The number of alkyl carbamates (subject to hydrolysis) is 1. The molecule has 1 amide bonds. The monoisotopic (exact) mass is 385 g/mol. The van der Waals surface area contributed by atoms with Crippen LogP contribution in [0.2, 0.25) is 0 Å². The number of hydrogen-bond donors (Lipinski definition) is 2. The number of nitrogens with one attached hydrogen (secondary N) is 1. The molecule has 0 spiro atoms. The number of carbonyl (C=O) groups excluding carboxylic acids is 2. The highest BCUT2D eigenvalue weighted by Crippen LogP contribution is 2.13. The van der Waals surface area contributed by atoms with Crippen LogP contribution in [0.5, 0.6) is 5.75 Å². The van der Waals surface area contributed by atoms with Crippen LogP contribution >= 0.6 is 0 Å². The number of ether oxygens (including phenoxy) is 2. The van der Waals surface area contributed by atoms with Crippen molar-refractivity contribution in [2.45, 2.75) is 31.9 Å². The fourth-order valence-corrected chi connectivity index (χ4v) is 2.44. The predicted octanol–water partition coefficient (Wildman–Crippen LogP) is 2.97. The molecule has 7 nitrogen and oxygen atoms in total. The Morgan fingerprint density at radius 2 is 1.75 bits per heavy atom. The van der Waals surface area contributed by atoms with Gasteiger partial charge in [-0.3, -0.25) is 0 Å². The van der Waals surface area contributed by atoms with Crippen molar-refractivity contribution in [1.82, 2.24) is 5.32 Å². The molecular formula is C21H23NO6. The van der Waals surface area contributed by atoms with Crippen molar-refractivity contribution in [2.24, 2.45) is 0 Å². The number of hydrogen-bond acceptors (Lipinski definition) is 5. The number of rotatable bonds is 11. The molecule has 0 fully saturated rings. The standard InChI is InChI=1S/C21H23NO6/c23-13-4-7-16-8-10-18(11-9-16)27-14-12-19(20(24)25)22-21(26)28-15-17-5-2-1-3-6-17/h1-3,5-6,8-11,13,19H,4,7,12,14-15H2,(H,22,26)(H,24,25). The van der Waals surface area contributed by atoms with Gasteiger partial charge in [0.2, 0.25) is 0 Å². The molecule has 0 saturated carbocycles. The average Bonchev–Trinajstić information content (AvgIpc) is 2.71. The number of carboxylic acids is 1. The summed E-state index contributed by atoms with van der Waals surface area (Å²) in [4.78, 5) is 33.6. The lowest BCUT2D eigenvalue weighted by Gasteiger charge is -2.15. The summed E-state index contributed by atoms with van der Waals surface area (Å²) < 4.78 is 10.6. The Labute approximate surface area is 163 Å². The molecule has 28 heavy (non-hydrogen) atoms. The second kappa shape index (κ2) is 11.4. The minimum absolute atomic E-state index is 0.0615. The minimum atomic E-state index is -1.16. The van der Waals surface area contributed by atoms with E-state index in [1.165, 1.54) is 0 Å². The summed E-state index contributed by atoms with van der Waals surface area (Å²) in [5.41, 5.74) is 1.83. The smallest absolute Gasteiger partial charge is 0.408 e. The summed E-state index contributed by atoms with van der Waals surface area (Å²) in [6.45, 7) is 0.176. The molecule has 0 aliphatic heterocycles. The van der Waals surface area contributed by atoms with Crippen LogP contribution in [0.25, 0.3) is 0 Å². The number of aryl methyl sites for hydroxylation is 1. The first-order chi connectivity index (χ1) is 13.6. The Morgan fingerprint density at radius 1 is 1.04 bits per heavy atom. The zero-order valence-electron chi connectivity index (χ0n) is 15.4. The van der Waals surface area contributed by atoms with Crippen molar-refractivity contribution in [1.29, 1.82) is 0 Å². The summed E-state index contributed by atoms with van der Waals surface area (Å²) in [5, 5.41) is 11.6. The van der Waals surface area contributed by atoms with Gasteiger partial charge in [0, 0.05) is 12.8 Å². The lowest BCUT2D eigenvalue weighted by molar-refractivity contribution is -0.139. The van der Waals surface area contributed by atoms with Gasteiger partial charge in [0.15, 0.2) is 0 Å². The van der Waals surface area contributed by atoms with Crippen molar-refractivity contribution in [3.05, 3.63) is 65.7 Å². The summed E-state index contributed by atoms with van der Waals surface area (Å²) in [6, 6.07) is 15.2. The van der Waals surface area contributed by atoms with E-state index < -0.39 is 18.1 Å². The Hall–Kier alpha value is -3.35. The van der Waals surface area contributed by atoms with E-state index in [-0.39, 0.29) is 19.6 Å². The first kappa shape index (κ1) is 21.0. The fraction of sp³-hybridized carbons (Fsp3) is 0.286. The van der Waals surface area contributed by atoms with Gasteiger partial charge in [-0.25, -0.2) is 9.59 Å². The molecule has 7 heteroatoms. The first-order valence-corrected chi connectivity index (χ1v) is 8.94. The van der Waals surface area contributed by atoms with Gasteiger partial charge in [0.1, 0.15) is 24.7 Å². The Morgan fingerprint density at radius 3 is 2.39 bits per heavy atom. The molecule has 0 aliphatic carbocycles. The average molecular weight is 385 g/mol. The molecule has 0 bridgehead atoms. The summed E-state index contributed by atoms with van der Waals surface area (Å²) in [6.07, 6.45) is 1.29. The summed E-state index contributed by atoms with van der Waals surface area (Å²) in [7, 11) is 0. The number of aliphatic carboxylic acids is 1. The number of benzene rings is 2. The maximum atomic E-state index is 11.8. The number of amides is 1. The van der Waals surface area contributed by atoms with E-state index in [1.807, 2.05) is 30.3 Å². The number of aldehydes is 1. The second-order valence-corrected chi connectivity index (χ2v) is 6.08. The first-order valence-electron chi connectivity index (χ1n) is 8.94. The van der Waals surface area contributed by atoms with E-state index in [0.29, 0.717) is 18.6 Å². The zero-order chi connectivity index (χ0) is 20.2. The van der Waals surface area contributed by atoms with E-state index in [9.17, 15) is 19.5 Å². The number of carboxylic acid groups (broad SMARTS) is 1. The Kier molecular flexibility index (Phi) is 8.52. The van der Waals surface area contributed by atoms with E-state index >= 15 is 0 Å². The highest BCUT2D eigenvalue weighted by Gasteiger charge is 2.20. The molecule has 1 atom stereocenters. The summed E-state index contributed by atoms with van der Waals surface area (Å²) >= 11 is 0. The molecule has 0 radical (unpaired) electrons. The zero-order valence-corrected chi connectivity index (χ0v) is 15.4. The van der Waals surface area contributed by atoms with Crippen molar-refractivity contribution >= 4 is 18.3 Å².